The lowest BCUT2D eigenvalue weighted by Gasteiger charge is -2.32. The van der Waals surface area contributed by atoms with Gasteiger partial charge in [0.2, 0.25) is 0 Å². The van der Waals surface area contributed by atoms with Gasteiger partial charge < -0.3 is 15.0 Å². The fourth-order valence-electron chi connectivity index (χ4n) is 2.64. The Kier molecular flexibility index (Phi) is 3.97. The summed E-state index contributed by atoms with van der Waals surface area (Å²) in [5, 5.41) is 4.90. The lowest BCUT2D eigenvalue weighted by Crippen LogP contribution is -2.44. The van der Waals surface area contributed by atoms with Crippen LogP contribution in [0.1, 0.15) is 35.6 Å². The summed E-state index contributed by atoms with van der Waals surface area (Å²) in [6, 6.07) is 3.92. The van der Waals surface area contributed by atoms with E-state index in [9.17, 15) is 4.79 Å². The van der Waals surface area contributed by atoms with Crippen molar-refractivity contribution in [2.45, 2.75) is 24.9 Å². The van der Waals surface area contributed by atoms with Crippen molar-refractivity contribution < 1.29 is 9.53 Å². The van der Waals surface area contributed by atoms with Gasteiger partial charge in [0, 0.05) is 17.3 Å². The molecule has 23 heavy (non-hydrogen) atoms. The average molecular weight is 330 g/mol. The molecule has 1 N–H and O–H groups in total. The average Bonchev–Trinajstić information content (AvgIpc) is 3.29. The van der Waals surface area contributed by atoms with Gasteiger partial charge in [-0.3, -0.25) is 0 Å². The van der Waals surface area contributed by atoms with Gasteiger partial charge in [-0.25, -0.2) is 14.8 Å². The molecule has 7 heteroatoms. The molecule has 4 rings (SSSR count). The van der Waals surface area contributed by atoms with Gasteiger partial charge in [-0.15, -0.1) is 11.3 Å². The van der Waals surface area contributed by atoms with Crippen LogP contribution in [0, 0.1) is 0 Å². The Labute approximate surface area is 138 Å². The molecule has 2 aliphatic rings. The molecule has 2 amide bonds. The van der Waals surface area contributed by atoms with Crippen molar-refractivity contribution in [3.8, 4) is 0 Å². The van der Waals surface area contributed by atoms with Crippen LogP contribution < -0.4 is 5.32 Å². The van der Waals surface area contributed by atoms with Gasteiger partial charge in [0.05, 0.1) is 31.2 Å². The number of ether oxygens (including phenoxy) is 1. The zero-order valence-electron chi connectivity index (χ0n) is 12.6. The van der Waals surface area contributed by atoms with Crippen molar-refractivity contribution >= 4 is 23.1 Å². The third-order valence-electron chi connectivity index (χ3n) is 4.08. The zero-order valence-corrected chi connectivity index (χ0v) is 13.5. The van der Waals surface area contributed by atoms with Crippen molar-refractivity contribution in [3.63, 3.8) is 0 Å². The first-order valence-electron chi connectivity index (χ1n) is 7.82. The van der Waals surface area contributed by atoms with Crippen LogP contribution in [0.25, 0.3) is 0 Å². The fraction of sp³-hybridized carbons (Fsp3) is 0.438. The highest BCUT2D eigenvalue weighted by Crippen LogP contribution is 2.37. The number of hydrogen-bond acceptors (Lipinski definition) is 5. The summed E-state index contributed by atoms with van der Waals surface area (Å²) < 4.78 is 5.77. The Bertz CT molecular complexity index is 670. The third-order valence-corrected chi connectivity index (χ3v) is 5.04. The smallest absolute Gasteiger partial charge is 0.322 e. The SMILES string of the molecule is O=C(Nc1cnc(C2CC2)nc1)N1CCO[C@H](c2cccs2)C1. The van der Waals surface area contributed by atoms with Crippen LogP contribution in [0.5, 0.6) is 0 Å². The molecule has 1 atom stereocenters. The molecule has 2 fully saturated rings. The number of aromatic nitrogens is 2. The molecule has 120 valence electrons. The molecule has 0 spiro atoms. The van der Waals surface area contributed by atoms with Crippen molar-refractivity contribution in [2.75, 3.05) is 25.0 Å². The first-order valence-corrected chi connectivity index (χ1v) is 8.70. The van der Waals surface area contributed by atoms with E-state index in [1.54, 1.807) is 28.6 Å². The molecule has 1 saturated carbocycles. The number of carbonyl (C=O) groups is 1. The van der Waals surface area contributed by atoms with Crippen molar-refractivity contribution in [2.24, 2.45) is 0 Å². The summed E-state index contributed by atoms with van der Waals surface area (Å²) in [5.41, 5.74) is 0.638. The van der Waals surface area contributed by atoms with E-state index in [1.807, 2.05) is 17.5 Å². The predicted molar refractivity (Wildman–Crippen MR) is 87.6 cm³/mol. The van der Waals surface area contributed by atoms with Crippen LogP contribution in [0.3, 0.4) is 0 Å². The topological polar surface area (TPSA) is 67.4 Å². The number of nitrogens with zero attached hydrogens (tertiary/aromatic N) is 3. The molecule has 1 aliphatic carbocycles. The third kappa shape index (κ3) is 3.35. The Hall–Kier alpha value is -1.99. The van der Waals surface area contributed by atoms with E-state index in [0.29, 0.717) is 31.3 Å². The van der Waals surface area contributed by atoms with Gasteiger partial charge in [0.25, 0.3) is 0 Å². The van der Waals surface area contributed by atoms with E-state index in [1.165, 1.54) is 12.8 Å². The molecule has 2 aromatic heterocycles. The van der Waals surface area contributed by atoms with E-state index in [-0.39, 0.29) is 12.1 Å². The number of morpholine rings is 1. The lowest BCUT2D eigenvalue weighted by molar-refractivity contribution is -0.0115. The first-order chi connectivity index (χ1) is 11.3. The molecule has 2 aromatic rings. The Morgan fingerprint density at radius 2 is 2.17 bits per heavy atom. The number of thiophene rings is 1. The van der Waals surface area contributed by atoms with Gasteiger partial charge in [0.1, 0.15) is 11.9 Å². The summed E-state index contributed by atoms with van der Waals surface area (Å²) in [6.07, 6.45) is 5.68. The monoisotopic (exact) mass is 330 g/mol. The van der Waals surface area contributed by atoms with Crippen LogP contribution in [-0.2, 0) is 4.74 Å². The molecule has 0 bridgehead atoms. The van der Waals surface area contributed by atoms with E-state index in [0.717, 1.165) is 10.7 Å². The highest BCUT2D eigenvalue weighted by Gasteiger charge is 2.27. The van der Waals surface area contributed by atoms with Gasteiger partial charge in [0.15, 0.2) is 0 Å². The van der Waals surface area contributed by atoms with Gasteiger partial charge >= 0.3 is 6.03 Å². The second-order valence-corrected chi connectivity index (χ2v) is 6.83. The van der Waals surface area contributed by atoms with Gasteiger partial charge in [-0.1, -0.05) is 6.07 Å². The lowest BCUT2D eigenvalue weighted by atomic mass is 10.2. The van der Waals surface area contributed by atoms with E-state index < -0.39 is 0 Å². The fourth-order valence-corrected chi connectivity index (χ4v) is 3.40. The molecule has 0 aromatic carbocycles. The van der Waals surface area contributed by atoms with Crippen molar-refractivity contribution in [1.29, 1.82) is 0 Å². The Morgan fingerprint density at radius 3 is 2.87 bits per heavy atom. The first kappa shape index (κ1) is 14.6. The van der Waals surface area contributed by atoms with E-state index in [4.69, 9.17) is 4.74 Å². The maximum absolute atomic E-state index is 12.4. The van der Waals surface area contributed by atoms with Crippen molar-refractivity contribution in [3.05, 3.63) is 40.6 Å². The molecular weight excluding hydrogens is 312 g/mol. The zero-order chi connectivity index (χ0) is 15.6. The van der Waals surface area contributed by atoms with Crippen LogP contribution in [0.2, 0.25) is 0 Å². The maximum atomic E-state index is 12.4. The van der Waals surface area contributed by atoms with E-state index in [2.05, 4.69) is 15.3 Å². The largest absolute Gasteiger partial charge is 0.369 e. The summed E-state index contributed by atoms with van der Waals surface area (Å²) in [7, 11) is 0. The summed E-state index contributed by atoms with van der Waals surface area (Å²) in [5.74, 6) is 1.40. The molecule has 3 heterocycles. The minimum Gasteiger partial charge on any atom is -0.369 e. The molecule has 1 saturated heterocycles. The Balaban J connectivity index is 1.38. The van der Waals surface area contributed by atoms with Crippen LogP contribution in [-0.4, -0.2) is 40.6 Å². The molecule has 0 radical (unpaired) electrons. The Morgan fingerprint density at radius 1 is 1.35 bits per heavy atom. The number of nitrogens with one attached hydrogen (secondary N) is 1. The van der Waals surface area contributed by atoms with Crippen LogP contribution in [0.15, 0.2) is 29.9 Å². The summed E-state index contributed by atoms with van der Waals surface area (Å²) in [4.78, 5) is 24.0. The van der Waals surface area contributed by atoms with E-state index >= 15 is 0 Å². The highest BCUT2D eigenvalue weighted by atomic mass is 32.1. The second kappa shape index (κ2) is 6.25. The van der Waals surface area contributed by atoms with Gasteiger partial charge in [-0.05, 0) is 24.3 Å². The molecule has 0 unspecified atom stereocenters. The predicted octanol–water partition coefficient (Wildman–Crippen LogP) is 3.02. The molecule has 1 aliphatic heterocycles. The van der Waals surface area contributed by atoms with Crippen LogP contribution >= 0.6 is 11.3 Å². The number of carbonyl (C=O) groups excluding carboxylic acids is 1. The number of hydrogen-bond donors (Lipinski definition) is 1. The molecule has 6 nitrogen and oxygen atoms in total. The number of amides is 2. The molecular formula is C16H18N4O2S. The van der Waals surface area contributed by atoms with Crippen LogP contribution in [0.4, 0.5) is 10.5 Å². The standard InChI is InChI=1S/C16H18N4O2S/c21-16(19-12-8-17-15(18-9-12)11-3-4-11)20-5-6-22-13(10-20)14-2-1-7-23-14/h1-2,7-9,11,13H,3-6,10H2,(H,19,21)/t13-/m0/s1. The van der Waals surface area contributed by atoms with Crippen molar-refractivity contribution in [1.82, 2.24) is 14.9 Å². The van der Waals surface area contributed by atoms with Gasteiger partial charge in [-0.2, -0.15) is 0 Å². The minimum absolute atomic E-state index is 0.0389. The highest BCUT2D eigenvalue weighted by molar-refractivity contribution is 7.10. The maximum Gasteiger partial charge on any atom is 0.322 e. The summed E-state index contributed by atoms with van der Waals surface area (Å²) in [6.45, 7) is 1.70. The quantitative estimate of drug-likeness (QED) is 0.939. The number of anilines is 1. The summed E-state index contributed by atoms with van der Waals surface area (Å²) >= 11 is 1.65. The number of rotatable bonds is 3. The minimum atomic E-state index is -0.127. The second-order valence-electron chi connectivity index (χ2n) is 5.86. The normalized spacial score (nSPS) is 21.2. The number of urea groups is 1.